The van der Waals surface area contributed by atoms with Crippen LogP contribution < -0.4 is 10.9 Å². The van der Waals surface area contributed by atoms with Gasteiger partial charge in [0.05, 0.1) is 16.3 Å². The molecule has 0 saturated carbocycles. The summed E-state index contributed by atoms with van der Waals surface area (Å²) in [5.74, 6) is -0.134. The van der Waals surface area contributed by atoms with E-state index in [1.807, 2.05) is 16.7 Å². The Labute approximate surface area is 202 Å². The van der Waals surface area contributed by atoms with E-state index in [1.165, 1.54) is 17.3 Å². The number of carbonyl (C=O) groups excluding carboxylic acids is 2. The van der Waals surface area contributed by atoms with Gasteiger partial charge in [-0.05, 0) is 23.1 Å². The second-order valence-corrected chi connectivity index (χ2v) is 9.65. The molecule has 0 saturated heterocycles. The first-order valence-corrected chi connectivity index (χ1v) is 11.7. The fourth-order valence-corrected chi connectivity index (χ4v) is 4.00. The Kier molecular flexibility index (Phi) is 7.94. The third-order valence-electron chi connectivity index (χ3n) is 4.80. The number of nitrogens with zero attached hydrogens (tertiary/aromatic N) is 3. The highest BCUT2D eigenvalue weighted by Crippen LogP contribution is 2.27. The first kappa shape index (κ1) is 24.5. The van der Waals surface area contributed by atoms with E-state index in [1.54, 1.807) is 30.3 Å². The summed E-state index contributed by atoms with van der Waals surface area (Å²) in [6.07, 6.45) is 1.75. The number of aromatic nitrogens is 3. The maximum Gasteiger partial charge on any atom is 0.271 e. The largest absolute Gasteiger partial charge is 0.298 e. The lowest BCUT2D eigenvalue weighted by atomic mass is 9.87. The van der Waals surface area contributed by atoms with Crippen LogP contribution in [0, 0.1) is 0 Å². The Morgan fingerprint density at radius 1 is 1.09 bits per heavy atom. The minimum Gasteiger partial charge on any atom is -0.298 e. The summed E-state index contributed by atoms with van der Waals surface area (Å²) in [6, 6.07) is 14.8. The van der Waals surface area contributed by atoms with Gasteiger partial charge < -0.3 is 0 Å². The van der Waals surface area contributed by atoms with Crippen LogP contribution in [-0.4, -0.2) is 32.3 Å². The van der Waals surface area contributed by atoms with E-state index in [0.29, 0.717) is 22.5 Å². The Hall–Kier alpha value is -3.10. The van der Waals surface area contributed by atoms with Crippen molar-refractivity contribution in [2.75, 3.05) is 5.75 Å². The summed E-state index contributed by atoms with van der Waals surface area (Å²) >= 11 is 7.22. The third kappa shape index (κ3) is 6.24. The maximum atomic E-state index is 12.3. The van der Waals surface area contributed by atoms with Crippen molar-refractivity contribution in [1.29, 1.82) is 0 Å². The van der Waals surface area contributed by atoms with Crippen molar-refractivity contribution in [3.63, 3.8) is 0 Å². The van der Waals surface area contributed by atoms with Crippen LogP contribution in [0.2, 0.25) is 5.02 Å². The topological polar surface area (TPSA) is 88.9 Å². The van der Waals surface area contributed by atoms with Crippen molar-refractivity contribution >= 4 is 35.2 Å². The molecule has 2 aromatic carbocycles. The van der Waals surface area contributed by atoms with E-state index >= 15 is 0 Å². The van der Waals surface area contributed by atoms with Crippen LogP contribution in [-0.2, 0) is 16.8 Å². The second kappa shape index (κ2) is 10.7. The lowest BCUT2D eigenvalue weighted by Gasteiger charge is -2.19. The fourth-order valence-electron chi connectivity index (χ4n) is 3.03. The Bertz CT molecular complexity index is 1150. The Balaban J connectivity index is 1.65. The van der Waals surface area contributed by atoms with E-state index in [0.717, 1.165) is 5.56 Å². The number of rotatable bonds is 7. The van der Waals surface area contributed by atoms with Gasteiger partial charge in [0.15, 0.2) is 11.0 Å². The smallest absolute Gasteiger partial charge is 0.271 e. The molecule has 0 atom stereocenters. The van der Waals surface area contributed by atoms with Crippen LogP contribution in [0.5, 0.6) is 0 Å². The van der Waals surface area contributed by atoms with Crippen LogP contribution in [0.1, 0.15) is 36.7 Å². The van der Waals surface area contributed by atoms with Crippen LogP contribution in [0.4, 0.5) is 0 Å². The van der Waals surface area contributed by atoms with Gasteiger partial charge in [0.25, 0.3) is 5.91 Å². The first-order chi connectivity index (χ1) is 15.7. The van der Waals surface area contributed by atoms with E-state index in [9.17, 15) is 9.59 Å². The molecule has 7 nitrogen and oxygen atoms in total. The normalized spacial score (nSPS) is 11.2. The zero-order valence-corrected chi connectivity index (χ0v) is 20.3. The van der Waals surface area contributed by atoms with Crippen molar-refractivity contribution in [3.8, 4) is 11.4 Å². The molecule has 0 fully saturated rings. The molecule has 3 rings (SSSR count). The molecule has 2 amide bonds. The van der Waals surface area contributed by atoms with Crippen molar-refractivity contribution in [2.45, 2.75) is 37.9 Å². The van der Waals surface area contributed by atoms with Gasteiger partial charge in [-0.3, -0.25) is 25.0 Å². The quantitative estimate of drug-likeness (QED) is 0.290. The molecule has 0 aliphatic heterocycles. The van der Waals surface area contributed by atoms with Gasteiger partial charge in [-0.1, -0.05) is 86.6 Å². The summed E-state index contributed by atoms with van der Waals surface area (Å²) < 4.78 is 1.90. The molecule has 0 unspecified atom stereocenters. The monoisotopic (exact) mass is 483 g/mol. The highest BCUT2D eigenvalue weighted by molar-refractivity contribution is 7.99. The van der Waals surface area contributed by atoms with Crippen LogP contribution in [0.15, 0.2) is 66.3 Å². The molecule has 1 heterocycles. The number of hydrazine groups is 1. The molecule has 172 valence electrons. The lowest BCUT2D eigenvalue weighted by Crippen LogP contribution is -2.42. The lowest BCUT2D eigenvalue weighted by molar-refractivity contribution is -0.119. The third-order valence-corrected chi connectivity index (χ3v) is 6.10. The zero-order chi connectivity index (χ0) is 24.0. The number of halogens is 1. The minimum absolute atomic E-state index is 0.0427. The van der Waals surface area contributed by atoms with E-state index < -0.39 is 5.91 Å². The summed E-state index contributed by atoms with van der Waals surface area (Å²) in [5, 5.41) is 9.46. The number of carbonyl (C=O) groups is 2. The van der Waals surface area contributed by atoms with Crippen molar-refractivity contribution in [3.05, 3.63) is 77.3 Å². The molecule has 2 N–H and O–H groups in total. The average molecular weight is 484 g/mol. The van der Waals surface area contributed by atoms with Crippen LogP contribution in [0.3, 0.4) is 0 Å². The molecule has 0 aliphatic rings. The second-order valence-electron chi connectivity index (χ2n) is 8.30. The zero-order valence-electron chi connectivity index (χ0n) is 18.8. The average Bonchev–Trinajstić information content (AvgIpc) is 3.18. The van der Waals surface area contributed by atoms with E-state index in [4.69, 9.17) is 11.6 Å². The summed E-state index contributed by atoms with van der Waals surface area (Å²) in [6.45, 7) is 10.8. The predicted molar refractivity (Wildman–Crippen MR) is 132 cm³/mol. The van der Waals surface area contributed by atoms with Gasteiger partial charge in [0.1, 0.15) is 0 Å². The summed E-state index contributed by atoms with van der Waals surface area (Å²) in [4.78, 5) is 24.4. The minimum atomic E-state index is -0.491. The van der Waals surface area contributed by atoms with Gasteiger partial charge in [0.2, 0.25) is 5.91 Å². The molecule has 33 heavy (non-hydrogen) atoms. The van der Waals surface area contributed by atoms with Crippen LogP contribution in [0.25, 0.3) is 11.4 Å². The molecule has 0 spiro atoms. The molecule has 1 aromatic heterocycles. The van der Waals surface area contributed by atoms with Crippen LogP contribution >= 0.6 is 23.4 Å². The SMILES string of the molecule is C=CCn1c(SCC(=O)NNC(=O)c2ccccc2Cl)nnc1-c1ccc(C(C)(C)C)cc1. The van der Waals surface area contributed by atoms with Crippen molar-refractivity contribution < 1.29 is 9.59 Å². The molecular formula is C24H26ClN5O2S. The van der Waals surface area contributed by atoms with Gasteiger partial charge in [-0.2, -0.15) is 0 Å². The molecule has 0 radical (unpaired) electrons. The number of thioether (sulfide) groups is 1. The molecular weight excluding hydrogens is 458 g/mol. The number of hydrogen-bond acceptors (Lipinski definition) is 5. The fraction of sp³-hybridized carbons (Fsp3) is 0.250. The molecule has 0 aliphatic carbocycles. The van der Waals surface area contributed by atoms with Gasteiger partial charge in [-0.15, -0.1) is 16.8 Å². The first-order valence-electron chi connectivity index (χ1n) is 10.3. The molecule has 3 aromatic rings. The molecule has 9 heteroatoms. The standard InChI is InChI=1S/C24H26ClN5O2S/c1-5-14-30-21(16-10-12-17(13-11-16)24(2,3)4)27-29-23(30)33-15-20(31)26-28-22(32)18-8-6-7-9-19(18)25/h5-13H,1,14-15H2,2-4H3,(H,26,31)(H,28,32). The number of allylic oxidation sites excluding steroid dienone is 1. The maximum absolute atomic E-state index is 12.3. The number of hydrogen-bond donors (Lipinski definition) is 2. The number of benzene rings is 2. The highest BCUT2D eigenvalue weighted by atomic mass is 35.5. The Morgan fingerprint density at radius 3 is 2.42 bits per heavy atom. The van der Waals surface area contributed by atoms with Gasteiger partial charge in [-0.25, -0.2) is 0 Å². The predicted octanol–water partition coefficient (Wildman–Crippen LogP) is 4.64. The van der Waals surface area contributed by atoms with Crippen molar-refractivity contribution in [1.82, 2.24) is 25.6 Å². The summed E-state index contributed by atoms with van der Waals surface area (Å²) in [7, 11) is 0. The van der Waals surface area contributed by atoms with Crippen molar-refractivity contribution in [2.24, 2.45) is 0 Å². The molecule has 0 bridgehead atoms. The number of nitrogens with one attached hydrogen (secondary N) is 2. The Morgan fingerprint density at radius 2 is 1.79 bits per heavy atom. The van der Waals surface area contributed by atoms with Gasteiger partial charge in [0, 0.05) is 12.1 Å². The van der Waals surface area contributed by atoms with E-state index in [2.05, 4.69) is 60.5 Å². The number of amides is 2. The van der Waals surface area contributed by atoms with Gasteiger partial charge >= 0.3 is 0 Å². The highest BCUT2D eigenvalue weighted by Gasteiger charge is 2.18. The van der Waals surface area contributed by atoms with E-state index in [-0.39, 0.29) is 22.6 Å². The summed E-state index contributed by atoms with van der Waals surface area (Å²) in [5.41, 5.74) is 7.26.